The summed E-state index contributed by atoms with van der Waals surface area (Å²) < 4.78 is 21.3. The summed E-state index contributed by atoms with van der Waals surface area (Å²) in [6.45, 7) is 0.380. The van der Waals surface area contributed by atoms with Crippen LogP contribution in [0.3, 0.4) is 0 Å². The van der Waals surface area contributed by atoms with Gasteiger partial charge < -0.3 is 18.9 Å². The van der Waals surface area contributed by atoms with Gasteiger partial charge in [0.1, 0.15) is 5.75 Å². The maximum atomic E-state index is 12.2. The van der Waals surface area contributed by atoms with Gasteiger partial charge in [-0.2, -0.15) is 0 Å². The lowest BCUT2D eigenvalue weighted by Crippen LogP contribution is -2.19. The van der Waals surface area contributed by atoms with E-state index < -0.39 is 5.97 Å². The Morgan fingerprint density at radius 3 is 2.58 bits per heavy atom. The average Bonchev–Trinajstić information content (AvgIpc) is 2.90. The molecule has 136 valence electrons. The number of esters is 1. The molecule has 0 unspecified atom stereocenters. The lowest BCUT2D eigenvalue weighted by molar-refractivity contribution is -0.144. The molecule has 2 aromatic carbocycles. The zero-order valence-corrected chi connectivity index (χ0v) is 14.7. The number of hydrogen-bond acceptors (Lipinski definition) is 6. The van der Waals surface area contributed by atoms with Gasteiger partial charge in [0.25, 0.3) is 0 Å². The molecule has 0 aliphatic carbocycles. The molecule has 0 bridgehead atoms. The van der Waals surface area contributed by atoms with E-state index in [2.05, 4.69) is 0 Å². The van der Waals surface area contributed by atoms with Gasteiger partial charge in [0.15, 0.2) is 30.5 Å². The Balaban J connectivity index is 1.51. The summed E-state index contributed by atoms with van der Waals surface area (Å²) in [6.07, 6.45) is 0.779. The van der Waals surface area contributed by atoms with Crippen molar-refractivity contribution in [2.24, 2.45) is 0 Å². The van der Waals surface area contributed by atoms with Crippen molar-refractivity contribution in [3.05, 3.63) is 53.1 Å². The monoisotopic (exact) mass is 376 g/mol. The summed E-state index contributed by atoms with van der Waals surface area (Å²) in [5.74, 6) is 0.491. The zero-order valence-electron chi connectivity index (χ0n) is 13.9. The number of carbonyl (C=O) groups is 2. The minimum Gasteiger partial charge on any atom is -0.490 e. The van der Waals surface area contributed by atoms with Crippen molar-refractivity contribution in [1.29, 1.82) is 0 Å². The Morgan fingerprint density at radius 1 is 1.00 bits per heavy atom. The van der Waals surface area contributed by atoms with Gasteiger partial charge in [-0.1, -0.05) is 23.7 Å². The van der Waals surface area contributed by atoms with Gasteiger partial charge >= 0.3 is 5.97 Å². The first-order chi connectivity index (χ1) is 12.6. The molecular formula is C19H17ClO6. The number of rotatable bonds is 6. The summed E-state index contributed by atoms with van der Waals surface area (Å²) in [7, 11) is 0. The number of para-hydroxylation sites is 1. The van der Waals surface area contributed by atoms with Crippen LogP contribution in [0.2, 0.25) is 5.02 Å². The largest absolute Gasteiger partial charge is 0.490 e. The Morgan fingerprint density at radius 2 is 1.77 bits per heavy atom. The van der Waals surface area contributed by atoms with Crippen molar-refractivity contribution >= 4 is 23.4 Å². The molecule has 0 saturated heterocycles. The molecule has 2 aromatic rings. The molecule has 0 fully saturated rings. The smallest absolute Gasteiger partial charge is 0.344 e. The fraction of sp³-hybridized carbons (Fsp3) is 0.263. The molecule has 3 rings (SSSR count). The van der Waals surface area contributed by atoms with Crippen LogP contribution in [0.25, 0.3) is 0 Å². The van der Waals surface area contributed by atoms with E-state index in [1.807, 2.05) is 0 Å². The molecule has 0 spiro atoms. The summed E-state index contributed by atoms with van der Waals surface area (Å²) in [5, 5.41) is 0.392. The number of ketones is 1. The highest BCUT2D eigenvalue weighted by atomic mass is 35.5. The van der Waals surface area contributed by atoms with Gasteiger partial charge in [-0.3, -0.25) is 4.79 Å². The number of carbonyl (C=O) groups excluding carboxylic acids is 2. The van der Waals surface area contributed by atoms with Gasteiger partial charge in [-0.15, -0.1) is 0 Å². The number of halogens is 1. The zero-order chi connectivity index (χ0) is 18.4. The molecule has 7 heteroatoms. The quantitative estimate of drug-likeness (QED) is 0.569. The second kappa shape index (κ2) is 8.58. The van der Waals surface area contributed by atoms with Crippen LogP contribution in [0.4, 0.5) is 0 Å². The fourth-order valence-corrected chi connectivity index (χ4v) is 2.50. The summed E-state index contributed by atoms with van der Waals surface area (Å²) in [4.78, 5) is 24.0. The predicted octanol–water partition coefficient (Wildman–Crippen LogP) is 3.31. The van der Waals surface area contributed by atoms with Crippen LogP contribution in [0.1, 0.15) is 16.8 Å². The first-order valence-corrected chi connectivity index (χ1v) is 8.47. The molecule has 0 aromatic heterocycles. The van der Waals surface area contributed by atoms with Gasteiger partial charge in [-0.25, -0.2) is 4.79 Å². The minimum absolute atomic E-state index is 0.335. The summed E-state index contributed by atoms with van der Waals surface area (Å²) in [5.41, 5.74) is 0.383. The van der Waals surface area contributed by atoms with Crippen LogP contribution in [0.5, 0.6) is 17.2 Å². The second-order valence-electron chi connectivity index (χ2n) is 5.51. The van der Waals surface area contributed by atoms with Crippen LogP contribution in [-0.4, -0.2) is 38.2 Å². The molecule has 1 aliphatic rings. The van der Waals surface area contributed by atoms with E-state index in [1.54, 1.807) is 42.5 Å². The first-order valence-electron chi connectivity index (χ1n) is 8.09. The van der Waals surface area contributed by atoms with Crippen molar-refractivity contribution in [1.82, 2.24) is 0 Å². The van der Waals surface area contributed by atoms with Crippen molar-refractivity contribution in [3.8, 4) is 17.2 Å². The van der Waals surface area contributed by atoms with Crippen LogP contribution in [-0.2, 0) is 9.53 Å². The van der Waals surface area contributed by atoms with Crippen molar-refractivity contribution in [2.75, 3.05) is 26.4 Å². The average molecular weight is 377 g/mol. The molecule has 6 nitrogen and oxygen atoms in total. The molecular weight excluding hydrogens is 360 g/mol. The second-order valence-corrected chi connectivity index (χ2v) is 5.92. The number of Topliss-reactive ketones (excluding diaryl/α,β-unsaturated/α-hetero) is 1. The number of ether oxygens (including phenoxy) is 4. The highest BCUT2D eigenvalue weighted by Crippen LogP contribution is 2.30. The highest BCUT2D eigenvalue weighted by Gasteiger charge is 2.16. The SMILES string of the molecule is O=C(COc1ccccc1Cl)OCC(=O)c1ccc2c(c1)OCCCO2. The van der Waals surface area contributed by atoms with E-state index in [1.165, 1.54) is 0 Å². The van der Waals surface area contributed by atoms with E-state index in [9.17, 15) is 9.59 Å². The Labute approximate surface area is 155 Å². The number of benzene rings is 2. The van der Waals surface area contributed by atoms with E-state index >= 15 is 0 Å². The Hall–Kier alpha value is -2.73. The molecule has 0 saturated carbocycles. The molecule has 26 heavy (non-hydrogen) atoms. The first kappa shape index (κ1) is 18.1. The lowest BCUT2D eigenvalue weighted by Gasteiger charge is -2.10. The van der Waals surface area contributed by atoms with Crippen molar-refractivity contribution < 1.29 is 28.5 Å². The molecule has 0 atom stereocenters. The van der Waals surface area contributed by atoms with Gasteiger partial charge in [0.05, 0.1) is 18.2 Å². The molecule has 1 aliphatic heterocycles. The van der Waals surface area contributed by atoms with Crippen LogP contribution in [0.15, 0.2) is 42.5 Å². The van der Waals surface area contributed by atoms with Crippen LogP contribution < -0.4 is 14.2 Å². The molecule has 0 N–H and O–H groups in total. The minimum atomic E-state index is -0.660. The normalized spacial score (nSPS) is 12.8. The maximum Gasteiger partial charge on any atom is 0.344 e. The highest BCUT2D eigenvalue weighted by molar-refractivity contribution is 6.32. The van der Waals surface area contributed by atoms with Gasteiger partial charge in [0.2, 0.25) is 0 Å². The third-order valence-electron chi connectivity index (χ3n) is 3.62. The predicted molar refractivity (Wildman–Crippen MR) is 94.3 cm³/mol. The number of hydrogen-bond donors (Lipinski definition) is 0. The number of fused-ring (bicyclic) bond motifs is 1. The van der Waals surface area contributed by atoms with Crippen molar-refractivity contribution in [2.45, 2.75) is 6.42 Å². The molecule has 0 amide bonds. The lowest BCUT2D eigenvalue weighted by atomic mass is 10.1. The van der Waals surface area contributed by atoms with Crippen LogP contribution >= 0.6 is 11.6 Å². The van der Waals surface area contributed by atoms with E-state index in [4.69, 9.17) is 30.5 Å². The Bertz CT molecular complexity index is 804. The topological polar surface area (TPSA) is 71.1 Å². The third kappa shape index (κ3) is 4.67. The van der Waals surface area contributed by atoms with Gasteiger partial charge in [0, 0.05) is 12.0 Å². The standard InChI is InChI=1S/C19H17ClO6/c20-14-4-1-2-5-16(14)25-12-19(22)26-11-15(21)13-6-7-17-18(10-13)24-9-3-8-23-17/h1-2,4-7,10H,3,8-9,11-12H2. The van der Waals surface area contributed by atoms with Crippen LogP contribution in [0, 0.1) is 0 Å². The summed E-state index contributed by atoms with van der Waals surface area (Å²) in [6, 6.07) is 11.7. The third-order valence-corrected chi connectivity index (χ3v) is 3.93. The van der Waals surface area contributed by atoms with Crippen molar-refractivity contribution in [3.63, 3.8) is 0 Å². The Kier molecular flexibility index (Phi) is 5.96. The van der Waals surface area contributed by atoms with E-state index in [0.29, 0.717) is 41.0 Å². The molecule has 0 radical (unpaired) electrons. The fourth-order valence-electron chi connectivity index (χ4n) is 2.31. The van der Waals surface area contributed by atoms with Gasteiger partial charge in [-0.05, 0) is 30.3 Å². The molecule has 1 heterocycles. The van der Waals surface area contributed by atoms with E-state index in [-0.39, 0.29) is 19.0 Å². The van der Waals surface area contributed by atoms with E-state index in [0.717, 1.165) is 6.42 Å². The maximum absolute atomic E-state index is 12.2. The summed E-state index contributed by atoms with van der Waals surface area (Å²) >= 11 is 5.93.